The van der Waals surface area contributed by atoms with E-state index in [1.165, 1.54) is 29.5 Å². The van der Waals surface area contributed by atoms with Crippen LogP contribution in [-0.4, -0.2) is 45.0 Å². The Kier molecular flexibility index (Phi) is 14.3. The number of anilines is 2. The molecule has 240 valence electrons. The Bertz CT molecular complexity index is 1570. The number of likely N-dealkylation sites (N-methyl/N-ethyl adjacent to an activating group) is 1. The average Bonchev–Trinajstić information content (AvgIpc) is 3.83. The highest BCUT2D eigenvalue weighted by atomic mass is 32.2. The normalized spacial score (nSPS) is 14.1. The van der Waals surface area contributed by atoms with Gasteiger partial charge in [-0.1, -0.05) is 81.3 Å². The van der Waals surface area contributed by atoms with Gasteiger partial charge < -0.3 is 10.2 Å². The van der Waals surface area contributed by atoms with E-state index >= 15 is 0 Å². The van der Waals surface area contributed by atoms with Gasteiger partial charge >= 0.3 is 0 Å². The molecule has 5 rings (SSSR count). The maximum absolute atomic E-state index is 12.4. The Morgan fingerprint density at radius 2 is 1.73 bits per heavy atom. The van der Waals surface area contributed by atoms with Crippen LogP contribution in [0.1, 0.15) is 58.6 Å². The third-order valence-electron chi connectivity index (χ3n) is 7.13. The molecule has 2 N–H and O–H groups in total. The molecule has 8 nitrogen and oxygen atoms in total. The molecule has 1 aliphatic rings. The average molecular weight is 629 g/mol. The van der Waals surface area contributed by atoms with Crippen molar-refractivity contribution in [3.63, 3.8) is 0 Å². The highest BCUT2D eigenvalue weighted by Crippen LogP contribution is 2.31. The fraction of sp³-hybridized carbons (Fsp3) is 0.361. The first-order valence-electron chi connectivity index (χ1n) is 15.5. The van der Waals surface area contributed by atoms with Gasteiger partial charge in [0.1, 0.15) is 5.52 Å². The van der Waals surface area contributed by atoms with E-state index in [1.807, 2.05) is 87.8 Å². The predicted octanol–water partition coefficient (Wildman–Crippen LogP) is 8.28. The highest BCUT2D eigenvalue weighted by Gasteiger charge is 2.24. The summed E-state index contributed by atoms with van der Waals surface area (Å²) >= 11 is 1.25. The standard InChI is InChI=1S/C25H28N6O2S.C7H12.C4H8/c1-17(27-24-22-21(11-8-16-26-22)25(32)30(4)28-24)23(29(2)3)18-12-14-19(15-13-18)31(33)34-20-9-6-5-7-10-20;1-3-5-7-6-4-2;1-4-2-3-4/h5-17,23,33H,1-4H3,(H,27,28);3,5-7H,4H2,1-2H3;4H,2-3H2,1H3/b;5-3-,7-6-;. The van der Waals surface area contributed by atoms with E-state index < -0.39 is 0 Å². The molecule has 0 saturated heterocycles. The summed E-state index contributed by atoms with van der Waals surface area (Å²) in [5.74, 6) is 1.65. The lowest BCUT2D eigenvalue weighted by Gasteiger charge is -2.32. The summed E-state index contributed by atoms with van der Waals surface area (Å²) in [6.07, 6.45) is 14.0. The summed E-state index contributed by atoms with van der Waals surface area (Å²) in [4.78, 5) is 19.9. The number of hydrogen-bond donors (Lipinski definition) is 2. The molecule has 1 fully saturated rings. The Hall–Kier alpha value is -3.92. The lowest BCUT2D eigenvalue weighted by molar-refractivity contribution is 0.275. The molecule has 2 atom stereocenters. The fourth-order valence-corrected chi connectivity index (χ4v) is 5.24. The van der Waals surface area contributed by atoms with Gasteiger partial charge in [0.2, 0.25) is 0 Å². The molecule has 0 spiro atoms. The molecule has 0 bridgehead atoms. The Morgan fingerprint density at radius 3 is 2.31 bits per heavy atom. The second kappa shape index (κ2) is 18.1. The SMILES string of the molecule is C/C=C\C=C/CC.CC(Nc1nn(C)c(=O)c2cccnc12)C(c1ccc(N(O)Sc2ccccc2)cc1)N(C)C.CC1CC1. The molecule has 1 saturated carbocycles. The van der Waals surface area contributed by atoms with Crippen molar-refractivity contribution in [2.24, 2.45) is 13.0 Å². The van der Waals surface area contributed by atoms with Crippen molar-refractivity contribution in [2.45, 2.75) is 63.9 Å². The zero-order valence-electron chi connectivity index (χ0n) is 27.6. The Labute approximate surface area is 272 Å². The van der Waals surface area contributed by atoms with Gasteiger partial charge in [-0.05, 0) is 82.2 Å². The number of pyridine rings is 1. The van der Waals surface area contributed by atoms with Crippen LogP contribution in [0.4, 0.5) is 11.5 Å². The summed E-state index contributed by atoms with van der Waals surface area (Å²) in [6, 6.07) is 21.0. The summed E-state index contributed by atoms with van der Waals surface area (Å²) in [5, 5.41) is 18.9. The molecule has 2 aromatic carbocycles. The highest BCUT2D eigenvalue weighted by molar-refractivity contribution is 8.00. The number of allylic oxidation sites excluding steroid dienone is 4. The van der Waals surface area contributed by atoms with Crippen molar-refractivity contribution in [3.05, 3.63) is 113 Å². The maximum Gasteiger partial charge on any atom is 0.276 e. The zero-order valence-corrected chi connectivity index (χ0v) is 28.4. The topological polar surface area (TPSA) is 86.5 Å². The number of aromatic nitrogens is 3. The van der Waals surface area contributed by atoms with Crippen LogP contribution in [0.3, 0.4) is 0 Å². The molecule has 2 heterocycles. The van der Waals surface area contributed by atoms with Crippen molar-refractivity contribution >= 4 is 34.4 Å². The third kappa shape index (κ3) is 11.2. The maximum atomic E-state index is 12.4. The number of aryl methyl sites for hydroxylation is 1. The molecule has 1 aliphatic carbocycles. The molecule has 0 amide bonds. The lowest BCUT2D eigenvalue weighted by atomic mass is 9.99. The number of hydrogen-bond acceptors (Lipinski definition) is 8. The van der Waals surface area contributed by atoms with E-state index in [9.17, 15) is 10.0 Å². The van der Waals surface area contributed by atoms with Gasteiger partial charge in [0, 0.05) is 36.1 Å². The second-order valence-electron chi connectivity index (χ2n) is 11.3. The van der Waals surface area contributed by atoms with Gasteiger partial charge in [-0.25, -0.2) is 4.68 Å². The number of benzene rings is 2. The van der Waals surface area contributed by atoms with Crippen LogP contribution < -0.4 is 15.3 Å². The Morgan fingerprint density at radius 1 is 1.07 bits per heavy atom. The van der Waals surface area contributed by atoms with Gasteiger partial charge in [-0.3, -0.25) is 15.0 Å². The summed E-state index contributed by atoms with van der Waals surface area (Å²) < 4.78 is 2.50. The molecule has 0 radical (unpaired) electrons. The molecular formula is C36H48N6O2S. The molecule has 9 heteroatoms. The van der Waals surface area contributed by atoms with Crippen LogP contribution in [0, 0.1) is 5.92 Å². The van der Waals surface area contributed by atoms with Crippen molar-refractivity contribution in [3.8, 4) is 0 Å². The van der Waals surface area contributed by atoms with Crippen LogP contribution in [0.2, 0.25) is 0 Å². The molecule has 4 aromatic rings. The van der Waals surface area contributed by atoms with Crippen LogP contribution in [0.5, 0.6) is 0 Å². The minimum absolute atomic E-state index is 0.000709. The summed E-state index contributed by atoms with van der Waals surface area (Å²) in [7, 11) is 5.68. The van der Waals surface area contributed by atoms with Gasteiger partial charge in [0.25, 0.3) is 5.56 Å². The predicted molar refractivity (Wildman–Crippen MR) is 190 cm³/mol. The van der Waals surface area contributed by atoms with Crippen LogP contribution in [-0.2, 0) is 7.05 Å². The molecule has 2 unspecified atom stereocenters. The molecule has 2 aromatic heterocycles. The van der Waals surface area contributed by atoms with Crippen LogP contribution in [0.25, 0.3) is 10.9 Å². The van der Waals surface area contributed by atoms with Gasteiger partial charge in [-0.2, -0.15) is 9.57 Å². The van der Waals surface area contributed by atoms with E-state index in [0.29, 0.717) is 22.4 Å². The molecule has 0 aliphatic heterocycles. The first-order chi connectivity index (χ1) is 21.7. The lowest BCUT2D eigenvalue weighted by Crippen LogP contribution is -2.35. The number of nitrogens with one attached hydrogen (secondary N) is 1. The first kappa shape index (κ1) is 35.6. The van der Waals surface area contributed by atoms with E-state index in [0.717, 1.165) is 27.3 Å². The molecule has 45 heavy (non-hydrogen) atoms. The van der Waals surface area contributed by atoms with Crippen molar-refractivity contribution in [1.29, 1.82) is 0 Å². The van der Waals surface area contributed by atoms with Gasteiger partial charge in [-0.15, -0.1) is 0 Å². The van der Waals surface area contributed by atoms with E-state index in [2.05, 4.69) is 53.2 Å². The van der Waals surface area contributed by atoms with E-state index in [1.54, 1.807) is 25.4 Å². The number of nitrogens with zero attached hydrogens (tertiary/aromatic N) is 5. The minimum atomic E-state index is -0.178. The third-order valence-corrected chi connectivity index (χ3v) is 8.00. The van der Waals surface area contributed by atoms with Crippen molar-refractivity contribution in [1.82, 2.24) is 19.7 Å². The summed E-state index contributed by atoms with van der Waals surface area (Å²) in [5.41, 5.74) is 2.14. The van der Waals surface area contributed by atoms with E-state index in [-0.39, 0.29) is 17.6 Å². The first-order valence-corrected chi connectivity index (χ1v) is 16.3. The zero-order chi connectivity index (χ0) is 32.8. The smallest absolute Gasteiger partial charge is 0.276 e. The van der Waals surface area contributed by atoms with Crippen molar-refractivity contribution in [2.75, 3.05) is 23.9 Å². The quantitative estimate of drug-likeness (QED) is 0.103. The second-order valence-corrected chi connectivity index (χ2v) is 12.3. The number of fused-ring (bicyclic) bond motifs is 1. The fourth-order valence-electron chi connectivity index (χ4n) is 4.53. The minimum Gasteiger partial charge on any atom is -0.362 e. The largest absolute Gasteiger partial charge is 0.362 e. The number of rotatable bonds is 10. The van der Waals surface area contributed by atoms with Crippen molar-refractivity contribution < 1.29 is 5.21 Å². The molecular weight excluding hydrogens is 581 g/mol. The van der Waals surface area contributed by atoms with Gasteiger partial charge in [0.05, 0.1) is 17.1 Å². The monoisotopic (exact) mass is 628 g/mol. The Balaban J connectivity index is 0.000000425. The van der Waals surface area contributed by atoms with Crippen LogP contribution in [0.15, 0.2) is 107 Å². The van der Waals surface area contributed by atoms with Crippen LogP contribution >= 0.6 is 11.9 Å². The van der Waals surface area contributed by atoms with E-state index in [4.69, 9.17) is 0 Å². The summed E-state index contributed by atoms with van der Waals surface area (Å²) in [6.45, 7) is 8.49. The van der Waals surface area contributed by atoms with Gasteiger partial charge in [0.15, 0.2) is 5.82 Å².